The standard InChI is InChI=1S/C25H26F3N5O4.C2HF3O2/c1-15-13-16(26)5-6-17(15)21-18-14-29-25(36)33(22-19(27)3-2-4-20(22)28)23(18)31-24(30-21)37-12-9-32(7-10-34)8-11-35;3-2(4,5)1(6)7/h2-6,13,34-35H,7-12,14H2,1H3,(H,29,36);(H,6,7). The Balaban J connectivity index is 0.000000676. The molecule has 0 bridgehead atoms. The topological polar surface area (TPSA) is 148 Å². The van der Waals surface area contributed by atoms with Gasteiger partial charge >= 0.3 is 24.2 Å². The van der Waals surface area contributed by atoms with Crippen molar-refractivity contribution in [2.45, 2.75) is 19.6 Å². The number of nitrogens with one attached hydrogen (secondary N) is 1. The lowest BCUT2D eigenvalue weighted by atomic mass is 10.00. The number of aliphatic hydroxyl groups is 2. The fourth-order valence-corrected chi connectivity index (χ4v) is 4.11. The maximum Gasteiger partial charge on any atom is 0.490 e. The highest BCUT2D eigenvalue weighted by atomic mass is 19.4. The average Bonchev–Trinajstić information content (AvgIpc) is 2.94. The number of para-hydroxylation sites is 1. The summed E-state index contributed by atoms with van der Waals surface area (Å²) in [7, 11) is 0. The molecule has 0 aliphatic carbocycles. The molecule has 1 aliphatic heterocycles. The lowest BCUT2D eigenvalue weighted by Gasteiger charge is -2.30. The number of alkyl halides is 3. The summed E-state index contributed by atoms with van der Waals surface area (Å²) in [4.78, 5) is 33.1. The monoisotopic (exact) mass is 631 g/mol. The number of aliphatic carboxylic acids is 1. The number of amides is 2. The van der Waals surface area contributed by atoms with Gasteiger partial charge in [-0.15, -0.1) is 0 Å². The zero-order chi connectivity index (χ0) is 32.6. The van der Waals surface area contributed by atoms with Crippen molar-refractivity contribution in [1.29, 1.82) is 0 Å². The number of carbonyl (C=O) groups excluding carboxylic acids is 1. The van der Waals surface area contributed by atoms with Crippen molar-refractivity contribution in [2.24, 2.45) is 0 Å². The Hall–Kier alpha value is -4.48. The summed E-state index contributed by atoms with van der Waals surface area (Å²) in [5.74, 6) is -5.21. The Morgan fingerprint density at radius 1 is 1.05 bits per heavy atom. The van der Waals surface area contributed by atoms with Gasteiger partial charge in [0.1, 0.15) is 29.7 Å². The summed E-state index contributed by atoms with van der Waals surface area (Å²) in [6.45, 7) is 2.44. The third kappa shape index (κ3) is 8.33. The third-order valence-electron chi connectivity index (χ3n) is 6.11. The second-order valence-corrected chi connectivity index (χ2v) is 9.12. The largest absolute Gasteiger partial charge is 0.490 e. The van der Waals surface area contributed by atoms with Gasteiger partial charge in [0.05, 0.1) is 25.5 Å². The van der Waals surface area contributed by atoms with Gasteiger partial charge in [-0.1, -0.05) is 6.07 Å². The first-order chi connectivity index (χ1) is 20.8. The van der Waals surface area contributed by atoms with Crippen LogP contribution in [0.15, 0.2) is 36.4 Å². The van der Waals surface area contributed by atoms with E-state index in [0.717, 1.165) is 17.0 Å². The predicted octanol–water partition coefficient (Wildman–Crippen LogP) is 3.53. The van der Waals surface area contributed by atoms with Crippen LogP contribution in [0.3, 0.4) is 0 Å². The Morgan fingerprint density at radius 2 is 1.66 bits per heavy atom. The number of carboxylic acids is 1. The van der Waals surface area contributed by atoms with Crippen LogP contribution in [-0.4, -0.2) is 87.8 Å². The van der Waals surface area contributed by atoms with Crippen LogP contribution in [0, 0.1) is 24.4 Å². The molecule has 0 radical (unpaired) electrons. The zero-order valence-electron chi connectivity index (χ0n) is 23.0. The van der Waals surface area contributed by atoms with Gasteiger partial charge in [-0.3, -0.25) is 4.90 Å². The van der Waals surface area contributed by atoms with Crippen LogP contribution >= 0.6 is 0 Å². The summed E-state index contributed by atoms with van der Waals surface area (Å²) < 4.78 is 80.8. The molecule has 3 aromatic rings. The maximum atomic E-state index is 14.7. The van der Waals surface area contributed by atoms with Crippen molar-refractivity contribution in [3.8, 4) is 17.3 Å². The van der Waals surface area contributed by atoms with Crippen molar-refractivity contribution in [3.05, 3.63) is 65.0 Å². The van der Waals surface area contributed by atoms with Gasteiger partial charge in [-0.25, -0.2) is 27.7 Å². The molecule has 0 saturated carbocycles. The number of nitrogens with zero attached hydrogens (tertiary/aromatic N) is 4. The van der Waals surface area contributed by atoms with E-state index < -0.39 is 41.3 Å². The molecule has 44 heavy (non-hydrogen) atoms. The van der Waals surface area contributed by atoms with E-state index in [1.165, 1.54) is 24.3 Å². The minimum absolute atomic E-state index is 0.0338. The van der Waals surface area contributed by atoms with Gasteiger partial charge in [0, 0.05) is 30.8 Å². The van der Waals surface area contributed by atoms with Crippen LogP contribution in [0.4, 0.5) is 42.6 Å². The summed E-state index contributed by atoms with van der Waals surface area (Å²) in [6, 6.07) is 6.38. The zero-order valence-corrected chi connectivity index (χ0v) is 23.0. The molecule has 2 aromatic carbocycles. The summed E-state index contributed by atoms with van der Waals surface area (Å²) in [5, 5.41) is 28.1. The Kier molecular flexibility index (Phi) is 11.4. The predicted molar refractivity (Wildman–Crippen MR) is 143 cm³/mol. The number of hydrogen-bond donors (Lipinski definition) is 4. The number of aromatic nitrogens is 2. The van der Waals surface area contributed by atoms with Gasteiger partial charge in [0.2, 0.25) is 0 Å². The van der Waals surface area contributed by atoms with E-state index in [2.05, 4.69) is 15.3 Å². The first-order valence-corrected chi connectivity index (χ1v) is 12.8. The summed E-state index contributed by atoms with van der Waals surface area (Å²) >= 11 is 0. The average molecular weight is 632 g/mol. The molecule has 0 spiro atoms. The molecule has 11 nitrogen and oxygen atoms in total. The van der Waals surface area contributed by atoms with Crippen LogP contribution in [0.2, 0.25) is 0 Å². The number of fused-ring (bicyclic) bond motifs is 1. The van der Waals surface area contributed by atoms with Gasteiger partial charge in [-0.05, 0) is 42.8 Å². The molecule has 238 valence electrons. The molecular formula is C27H27F6N5O6. The van der Waals surface area contributed by atoms with E-state index in [1.54, 1.807) is 11.8 Å². The van der Waals surface area contributed by atoms with Crippen molar-refractivity contribution in [2.75, 3.05) is 44.4 Å². The Labute approximate surface area is 246 Å². The number of anilines is 2. The van der Waals surface area contributed by atoms with Crippen molar-refractivity contribution in [1.82, 2.24) is 20.2 Å². The van der Waals surface area contributed by atoms with Crippen LogP contribution in [-0.2, 0) is 11.3 Å². The maximum absolute atomic E-state index is 14.7. The van der Waals surface area contributed by atoms with Crippen LogP contribution < -0.4 is 15.0 Å². The minimum atomic E-state index is -5.08. The third-order valence-corrected chi connectivity index (χ3v) is 6.11. The molecule has 0 saturated heterocycles. The molecule has 0 atom stereocenters. The quantitative estimate of drug-likeness (QED) is 0.247. The van der Waals surface area contributed by atoms with Crippen LogP contribution in [0.25, 0.3) is 11.3 Å². The molecular weight excluding hydrogens is 604 g/mol. The van der Waals surface area contributed by atoms with Crippen molar-refractivity contribution >= 4 is 23.5 Å². The first kappa shape index (κ1) is 34.0. The lowest BCUT2D eigenvalue weighted by molar-refractivity contribution is -0.192. The van der Waals surface area contributed by atoms with Crippen molar-refractivity contribution < 1.29 is 56.0 Å². The number of ether oxygens (including phenoxy) is 1. The first-order valence-electron chi connectivity index (χ1n) is 12.8. The van der Waals surface area contributed by atoms with E-state index >= 15 is 0 Å². The highest BCUT2D eigenvalue weighted by molar-refractivity contribution is 6.02. The van der Waals surface area contributed by atoms with E-state index in [0.29, 0.717) is 42.0 Å². The molecule has 2 amide bonds. The van der Waals surface area contributed by atoms with Crippen LogP contribution in [0.1, 0.15) is 11.1 Å². The highest BCUT2D eigenvalue weighted by Crippen LogP contribution is 2.39. The Morgan fingerprint density at radius 3 is 2.20 bits per heavy atom. The summed E-state index contributed by atoms with van der Waals surface area (Å²) in [5.41, 5.74) is 1.14. The number of carboxylic acid groups (broad SMARTS) is 1. The number of urea groups is 1. The molecule has 1 aromatic heterocycles. The Bertz CT molecular complexity index is 1470. The SMILES string of the molecule is Cc1cc(F)ccc1-c1nc(OCCN(CCO)CCO)nc2c1CNC(=O)N2c1c(F)cccc1F.O=C(O)C(F)(F)F. The fraction of sp³-hybridized carbons (Fsp3) is 0.333. The molecule has 2 heterocycles. The summed E-state index contributed by atoms with van der Waals surface area (Å²) in [6.07, 6.45) is -5.08. The minimum Gasteiger partial charge on any atom is -0.475 e. The van der Waals surface area contributed by atoms with Gasteiger partial charge in [-0.2, -0.15) is 23.1 Å². The number of aryl methyl sites for hydroxylation is 1. The van der Waals surface area contributed by atoms with Gasteiger partial charge in [0.25, 0.3) is 0 Å². The normalized spacial score (nSPS) is 12.8. The molecule has 1 aliphatic rings. The number of carbonyl (C=O) groups is 2. The molecule has 4 rings (SSSR count). The molecule has 4 N–H and O–H groups in total. The number of hydrogen-bond acceptors (Lipinski definition) is 8. The number of benzene rings is 2. The fourth-order valence-electron chi connectivity index (χ4n) is 4.11. The van der Waals surface area contributed by atoms with E-state index in [9.17, 15) is 41.4 Å². The second kappa shape index (κ2) is 14.8. The van der Waals surface area contributed by atoms with Crippen LogP contribution in [0.5, 0.6) is 6.01 Å². The van der Waals surface area contributed by atoms with E-state index in [-0.39, 0.29) is 38.2 Å². The van der Waals surface area contributed by atoms with E-state index in [1.807, 2.05) is 0 Å². The van der Waals surface area contributed by atoms with Crippen molar-refractivity contribution in [3.63, 3.8) is 0 Å². The molecule has 0 fully saturated rings. The highest BCUT2D eigenvalue weighted by Gasteiger charge is 2.38. The number of rotatable bonds is 10. The van der Waals surface area contributed by atoms with Gasteiger partial charge < -0.3 is 25.4 Å². The number of aliphatic hydroxyl groups excluding tert-OH is 2. The van der Waals surface area contributed by atoms with E-state index in [4.69, 9.17) is 14.6 Å². The smallest absolute Gasteiger partial charge is 0.475 e. The molecule has 0 unspecified atom stereocenters. The number of halogens is 6. The van der Waals surface area contributed by atoms with Gasteiger partial charge in [0.15, 0.2) is 5.82 Å². The molecule has 17 heteroatoms. The second-order valence-electron chi connectivity index (χ2n) is 9.12. The lowest BCUT2D eigenvalue weighted by Crippen LogP contribution is -2.43.